The molecule has 7 nitrogen and oxygen atoms in total. The summed E-state index contributed by atoms with van der Waals surface area (Å²) in [5, 5.41) is 4.44. The van der Waals surface area contributed by atoms with Gasteiger partial charge in [0.05, 0.1) is 11.2 Å². The molecule has 0 spiro atoms. The number of aromatic amines is 1. The quantitative estimate of drug-likeness (QED) is 0.477. The summed E-state index contributed by atoms with van der Waals surface area (Å²) in [4.78, 5) is 31.1. The largest absolute Gasteiger partial charge is 0.365 e. The van der Waals surface area contributed by atoms with E-state index in [1.54, 1.807) is 18.5 Å². The average Bonchev–Trinajstić information content (AvgIpc) is 3.27. The molecule has 2 fully saturated rings. The van der Waals surface area contributed by atoms with Gasteiger partial charge in [-0.25, -0.2) is 19.3 Å². The second kappa shape index (κ2) is 10.3. The van der Waals surface area contributed by atoms with Crippen LogP contribution in [-0.2, 0) is 4.79 Å². The monoisotopic (exact) mass is 484 g/mol. The second-order valence-corrected chi connectivity index (χ2v) is 9.90. The minimum absolute atomic E-state index is 0.0405. The van der Waals surface area contributed by atoms with E-state index in [1.807, 2.05) is 4.90 Å². The first-order chi connectivity index (χ1) is 16.6. The van der Waals surface area contributed by atoms with Crippen LogP contribution in [0.1, 0.15) is 57.8 Å². The van der Waals surface area contributed by atoms with Gasteiger partial charge in [0, 0.05) is 48.9 Å². The summed E-state index contributed by atoms with van der Waals surface area (Å²) in [5.41, 5.74) is 1.37. The number of anilines is 1. The minimum Gasteiger partial charge on any atom is -0.365 e. The van der Waals surface area contributed by atoms with Gasteiger partial charge in [0.25, 0.3) is 0 Å². The molecule has 34 heavy (non-hydrogen) atoms. The molecule has 180 valence electrons. The molecule has 0 radical (unpaired) electrons. The van der Waals surface area contributed by atoms with Crippen LogP contribution in [0.2, 0.25) is 5.02 Å². The lowest BCUT2D eigenvalue weighted by molar-refractivity contribution is -0.135. The van der Waals surface area contributed by atoms with Gasteiger partial charge in [-0.2, -0.15) is 0 Å². The summed E-state index contributed by atoms with van der Waals surface area (Å²) in [6.07, 6.45) is 14.2. The molecule has 3 aromatic rings. The van der Waals surface area contributed by atoms with Crippen molar-refractivity contribution in [3.05, 3.63) is 35.5 Å². The molecule has 1 saturated carbocycles. The van der Waals surface area contributed by atoms with Crippen molar-refractivity contribution in [2.75, 3.05) is 18.4 Å². The number of halogens is 2. The number of aromatic nitrogens is 4. The number of piperidine rings is 1. The maximum atomic E-state index is 14.6. The van der Waals surface area contributed by atoms with E-state index >= 15 is 0 Å². The van der Waals surface area contributed by atoms with Crippen LogP contribution in [0, 0.1) is 11.7 Å². The Morgan fingerprint density at radius 3 is 2.82 bits per heavy atom. The minimum atomic E-state index is -0.518. The van der Waals surface area contributed by atoms with Crippen LogP contribution in [0.25, 0.3) is 22.4 Å². The molecule has 2 aliphatic rings. The van der Waals surface area contributed by atoms with Gasteiger partial charge in [0.1, 0.15) is 5.65 Å². The topological polar surface area (TPSA) is 86.8 Å². The van der Waals surface area contributed by atoms with Crippen molar-refractivity contribution in [2.24, 2.45) is 5.92 Å². The molecule has 0 aromatic carbocycles. The van der Waals surface area contributed by atoms with Gasteiger partial charge in [-0.15, -0.1) is 0 Å². The maximum absolute atomic E-state index is 14.6. The fourth-order valence-corrected chi connectivity index (χ4v) is 5.45. The van der Waals surface area contributed by atoms with Crippen LogP contribution in [0.5, 0.6) is 0 Å². The van der Waals surface area contributed by atoms with Crippen molar-refractivity contribution in [2.45, 2.75) is 63.8 Å². The number of amides is 1. The molecule has 4 heterocycles. The van der Waals surface area contributed by atoms with Crippen LogP contribution >= 0.6 is 11.6 Å². The Bertz CT molecular complexity index is 1160. The Morgan fingerprint density at radius 1 is 1.15 bits per heavy atom. The lowest BCUT2D eigenvalue weighted by Crippen LogP contribution is -2.47. The summed E-state index contributed by atoms with van der Waals surface area (Å²) >= 11 is 6.11. The summed E-state index contributed by atoms with van der Waals surface area (Å²) < 4.78 is 14.6. The fourth-order valence-electron chi connectivity index (χ4n) is 5.29. The van der Waals surface area contributed by atoms with Gasteiger partial charge >= 0.3 is 0 Å². The van der Waals surface area contributed by atoms with Crippen LogP contribution in [-0.4, -0.2) is 49.9 Å². The fraction of sp³-hybridized carbons (Fsp3) is 0.520. The van der Waals surface area contributed by atoms with Gasteiger partial charge < -0.3 is 15.2 Å². The highest BCUT2D eigenvalue weighted by atomic mass is 35.5. The molecule has 2 N–H and O–H groups in total. The first-order valence-corrected chi connectivity index (χ1v) is 12.6. The van der Waals surface area contributed by atoms with Crippen molar-refractivity contribution in [1.82, 2.24) is 24.8 Å². The second-order valence-electron chi connectivity index (χ2n) is 9.47. The number of carbonyl (C=O) groups is 1. The number of fused-ring (bicyclic) bond motifs is 1. The predicted octanol–water partition coefficient (Wildman–Crippen LogP) is 5.58. The van der Waals surface area contributed by atoms with Gasteiger partial charge in [-0.05, 0) is 44.1 Å². The molecule has 1 amide bonds. The number of likely N-dealkylation sites (tertiary alicyclic amines) is 1. The third-order valence-corrected chi connectivity index (χ3v) is 7.33. The lowest BCUT2D eigenvalue weighted by atomic mass is 9.86. The standard InChI is InChI=1S/C25H30ClFN6O/c26-17-11-19-20(14-30-23(19)28-12-17)24-31-15-21(27)25(32-24)29-13-18-8-4-5-9-33(18)22(34)10-16-6-2-1-3-7-16/h11-12,14-16,18H,1-10,13H2,(H,28,30)(H,29,31,32)/t18-/m1/s1. The molecule has 1 atom stereocenters. The van der Waals surface area contributed by atoms with Crippen molar-refractivity contribution >= 4 is 34.4 Å². The molecule has 3 aromatic heterocycles. The zero-order valence-corrected chi connectivity index (χ0v) is 20.0. The van der Waals surface area contributed by atoms with E-state index in [2.05, 4.69) is 25.3 Å². The van der Waals surface area contributed by atoms with E-state index in [0.29, 0.717) is 40.9 Å². The number of hydrogen-bond donors (Lipinski definition) is 2. The molecule has 1 saturated heterocycles. The number of H-pyrrole nitrogens is 1. The van der Waals surface area contributed by atoms with Crippen molar-refractivity contribution < 1.29 is 9.18 Å². The first-order valence-electron chi connectivity index (χ1n) is 12.3. The Labute approximate surface area is 203 Å². The number of pyridine rings is 1. The van der Waals surface area contributed by atoms with Gasteiger partial charge in [-0.3, -0.25) is 4.79 Å². The zero-order valence-electron chi connectivity index (χ0n) is 19.2. The Morgan fingerprint density at radius 2 is 1.97 bits per heavy atom. The molecule has 9 heteroatoms. The Balaban J connectivity index is 1.29. The Hall–Kier alpha value is -2.74. The highest BCUT2D eigenvalue weighted by Crippen LogP contribution is 2.30. The van der Waals surface area contributed by atoms with E-state index in [4.69, 9.17) is 11.6 Å². The van der Waals surface area contributed by atoms with Crippen LogP contribution < -0.4 is 5.32 Å². The zero-order chi connectivity index (χ0) is 23.5. The summed E-state index contributed by atoms with van der Waals surface area (Å²) in [6.45, 7) is 1.24. The van der Waals surface area contributed by atoms with Gasteiger partial charge in [0.2, 0.25) is 5.91 Å². The summed E-state index contributed by atoms with van der Waals surface area (Å²) in [7, 11) is 0. The van der Waals surface area contributed by atoms with Crippen molar-refractivity contribution in [1.29, 1.82) is 0 Å². The number of hydrogen-bond acceptors (Lipinski definition) is 5. The third-order valence-electron chi connectivity index (χ3n) is 7.12. The predicted molar refractivity (Wildman–Crippen MR) is 131 cm³/mol. The number of rotatable bonds is 6. The molecule has 0 bridgehead atoms. The van der Waals surface area contributed by atoms with Crippen molar-refractivity contribution in [3.8, 4) is 11.4 Å². The SMILES string of the molecule is O=C(CC1CCCCC1)N1CCCC[C@@H]1CNc1nc(-c2c[nH]c3ncc(Cl)cc23)ncc1F. The highest BCUT2D eigenvalue weighted by Gasteiger charge is 2.29. The number of nitrogens with one attached hydrogen (secondary N) is 2. The van der Waals surface area contributed by atoms with E-state index in [0.717, 1.165) is 44.0 Å². The van der Waals surface area contributed by atoms with Gasteiger partial charge in [0.15, 0.2) is 17.5 Å². The summed E-state index contributed by atoms with van der Waals surface area (Å²) in [5.74, 6) is 0.756. The number of carbonyl (C=O) groups excluding carboxylic acids is 1. The third kappa shape index (κ3) is 5.02. The number of nitrogens with zero attached hydrogens (tertiary/aromatic N) is 4. The van der Waals surface area contributed by atoms with E-state index in [9.17, 15) is 9.18 Å². The maximum Gasteiger partial charge on any atom is 0.223 e. The van der Waals surface area contributed by atoms with E-state index in [-0.39, 0.29) is 17.8 Å². The molecule has 5 rings (SSSR count). The first kappa shape index (κ1) is 23.0. The van der Waals surface area contributed by atoms with Crippen LogP contribution in [0.3, 0.4) is 0 Å². The normalized spacial score (nSPS) is 19.5. The Kier molecular flexibility index (Phi) is 6.94. The van der Waals surface area contributed by atoms with E-state index < -0.39 is 5.82 Å². The molecule has 1 aliphatic heterocycles. The smallest absolute Gasteiger partial charge is 0.223 e. The van der Waals surface area contributed by atoms with Gasteiger partial charge in [-0.1, -0.05) is 30.9 Å². The average molecular weight is 485 g/mol. The molecular weight excluding hydrogens is 455 g/mol. The highest BCUT2D eigenvalue weighted by molar-refractivity contribution is 6.31. The lowest BCUT2D eigenvalue weighted by Gasteiger charge is -2.37. The van der Waals surface area contributed by atoms with E-state index in [1.165, 1.54) is 25.5 Å². The van der Waals surface area contributed by atoms with Crippen LogP contribution in [0.4, 0.5) is 10.2 Å². The van der Waals surface area contributed by atoms with Crippen LogP contribution in [0.15, 0.2) is 24.7 Å². The summed E-state index contributed by atoms with van der Waals surface area (Å²) in [6, 6.07) is 1.83. The molecular formula is C25H30ClFN6O. The van der Waals surface area contributed by atoms with Crippen molar-refractivity contribution in [3.63, 3.8) is 0 Å². The molecule has 1 aliphatic carbocycles. The molecule has 0 unspecified atom stereocenters.